The molecule has 18 heavy (non-hydrogen) atoms. The van der Waals surface area contributed by atoms with Crippen molar-refractivity contribution < 1.29 is 0 Å². The summed E-state index contributed by atoms with van der Waals surface area (Å²) in [7, 11) is 0. The Bertz CT molecular complexity index is 543. The molecule has 1 atom stereocenters. The summed E-state index contributed by atoms with van der Waals surface area (Å²) >= 11 is 1.84. The van der Waals surface area contributed by atoms with Crippen molar-refractivity contribution in [2.45, 2.75) is 19.9 Å². The van der Waals surface area contributed by atoms with Crippen LogP contribution in [0.5, 0.6) is 0 Å². The van der Waals surface area contributed by atoms with Crippen molar-refractivity contribution in [3.05, 3.63) is 28.8 Å². The Morgan fingerprint density at radius 1 is 1.33 bits per heavy atom. The number of hydrogen-bond acceptors (Lipinski definition) is 4. The van der Waals surface area contributed by atoms with Crippen LogP contribution >= 0.6 is 11.3 Å². The van der Waals surface area contributed by atoms with E-state index in [1.54, 1.807) is 0 Å². The SMILES string of the molecule is Cc1cccc2sc(C(C)N3CCNCC3)nc12. The van der Waals surface area contributed by atoms with Crippen LogP contribution in [0.15, 0.2) is 18.2 Å². The van der Waals surface area contributed by atoms with Crippen LogP contribution in [0, 0.1) is 6.92 Å². The summed E-state index contributed by atoms with van der Waals surface area (Å²) in [6.07, 6.45) is 0. The van der Waals surface area contributed by atoms with E-state index >= 15 is 0 Å². The zero-order valence-corrected chi connectivity index (χ0v) is 11.8. The van der Waals surface area contributed by atoms with Gasteiger partial charge >= 0.3 is 0 Å². The van der Waals surface area contributed by atoms with Crippen molar-refractivity contribution >= 4 is 21.6 Å². The third kappa shape index (κ3) is 2.16. The summed E-state index contributed by atoms with van der Waals surface area (Å²) in [5.41, 5.74) is 2.46. The first kappa shape index (κ1) is 12.1. The predicted molar refractivity (Wildman–Crippen MR) is 77.2 cm³/mol. The molecule has 1 aliphatic heterocycles. The second-order valence-electron chi connectivity index (χ2n) is 4.94. The molecule has 1 aromatic carbocycles. The normalized spacial score (nSPS) is 19.2. The van der Waals surface area contributed by atoms with Gasteiger partial charge in [-0.1, -0.05) is 12.1 Å². The number of piperazine rings is 1. The van der Waals surface area contributed by atoms with E-state index in [1.165, 1.54) is 20.8 Å². The lowest BCUT2D eigenvalue weighted by Gasteiger charge is -2.31. The van der Waals surface area contributed by atoms with E-state index < -0.39 is 0 Å². The summed E-state index contributed by atoms with van der Waals surface area (Å²) in [5, 5.41) is 4.65. The Morgan fingerprint density at radius 2 is 2.11 bits per heavy atom. The molecule has 1 unspecified atom stereocenters. The number of para-hydroxylation sites is 1. The molecule has 0 spiro atoms. The van der Waals surface area contributed by atoms with Crippen LogP contribution in [-0.2, 0) is 0 Å². The number of rotatable bonds is 2. The minimum absolute atomic E-state index is 0.434. The van der Waals surface area contributed by atoms with Crippen LogP contribution < -0.4 is 5.32 Å². The van der Waals surface area contributed by atoms with Crippen molar-refractivity contribution in [1.82, 2.24) is 15.2 Å². The smallest absolute Gasteiger partial charge is 0.111 e. The lowest BCUT2D eigenvalue weighted by molar-refractivity contribution is 0.185. The molecular formula is C14H19N3S. The van der Waals surface area contributed by atoms with Crippen LogP contribution in [0.4, 0.5) is 0 Å². The van der Waals surface area contributed by atoms with E-state index in [0.717, 1.165) is 26.2 Å². The van der Waals surface area contributed by atoms with Gasteiger partial charge in [-0.15, -0.1) is 11.3 Å². The molecule has 1 fully saturated rings. The van der Waals surface area contributed by atoms with E-state index in [4.69, 9.17) is 4.98 Å². The lowest BCUT2D eigenvalue weighted by Crippen LogP contribution is -2.44. The van der Waals surface area contributed by atoms with Gasteiger partial charge in [-0.3, -0.25) is 4.90 Å². The number of aryl methyl sites for hydroxylation is 1. The minimum atomic E-state index is 0.434. The second-order valence-corrected chi connectivity index (χ2v) is 6.00. The van der Waals surface area contributed by atoms with Crippen molar-refractivity contribution in [3.63, 3.8) is 0 Å². The van der Waals surface area contributed by atoms with Gasteiger partial charge in [0.2, 0.25) is 0 Å². The number of nitrogens with zero attached hydrogens (tertiary/aromatic N) is 2. The summed E-state index contributed by atoms with van der Waals surface area (Å²) < 4.78 is 1.31. The number of hydrogen-bond donors (Lipinski definition) is 1. The third-order valence-corrected chi connectivity index (χ3v) is 4.88. The predicted octanol–water partition coefficient (Wildman–Crippen LogP) is 2.57. The Kier molecular flexibility index (Phi) is 3.33. The first-order valence-corrected chi connectivity index (χ1v) is 7.38. The summed E-state index contributed by atoms with van der Waals surface area (Å²) in [6, 6.07) is 6.87. The van der Waals surface area contributed by atoms with Crippen molar-refractivity contribution in [1.29, 1.82) is 0 Å². The fraction of sp³-hybridized carbons (Fsp3) is 0.500. The molecule has 0 radical (unpaired) electrons. The van der Waals surface area contributed by atoms with E-state index in [0.29, 0.717) is 6.04 Å². The lowest BCUT2D eigenvalue weighted by atomic mass is 10.2. The molecule has 0 saturated carbocycles. The Labute approximate surface area is 112 Å². The zero-order chi connectivity index (χ0) is 12.5. The van der Waals surface area contributed by atoms with E-state index in [9.17, 15) is 0 Å². The third-order valence-electron chi connectivity index (χ3n) is 3.69. The standard InChI is InChI=1S/C14H19N3S/c1-10-4-3-5-12-13(10)16-14(18-12)11(2)17-8-6-15-7-9-17/h3-5,11,15H,6-9H2,1-2H3. The van der Waals surface area contributed by atoms with Crippen LogP contribution in [0.25, 0.3) is 10.2 Å². The van der Waals surface area contributed by atoms with E-state index in [-0.39, 0.29) is 0 Å². The minimum Gasteiger partial charge on any atom is -0.314 e. The molecule has 1 N–H and O–H groups in total. The Hall–Kier alpha value is -0.970. The molecule has 2 aromatic rings. The quantitative estimate of drug-likeness (QED) is 0.900. The van der Waals surface area contributed by atoms with Crippen LogP contribution in [0.2, 0.25) is 0 Å². The maximum Gasteiger partial charge on any atom is 0.111 e. The summed E-state index contributed by atoms with van der Waals surface area (Å²) in [5.74, 6) is 0. The Morgan fingerprint density at radius 3 is 2.83 bits per heavy atom. The molecule has 96 valence electrons. The average molecular weight is 261 g/mol. The number of nitrogens with one attached hydrogen (secondary N) is 1. The molecule has 0 aliphatic carbocycles. The molecule has 2 heterocycles. The highest BCUT2D eigenvalue weighted by atomic mass is 32.1. The van der Waals surface area contributed by atoms with Gasteiger partial charge in [0.1, 0.15) is 5.01 Å². The van der Waals surface area contributed by atoms with Gasteiger partial charge in [-0.25, -0.2) is 4.98 Å². The largest absolute Gasteiger partial charge is 0.314 e. The highest BCUT2D eigenvalue weighted by Gasteiger charge is 2.21. The number of thiazole rings is 1. The molecule has 1 aliphatic rings. The van der Waals surface area contributed by atoms with Crippen molar-refractivity contribution in [2.24, 2.45) is 0 Å². The molecule has 0 bridgehead atoms. The molecule has 1 saturated heterocycles. The zero-order valence-electron chi connectivity index (χ0n) is 10.9. The Balaban J connectivity index is 1.91. The van der Waals surface area contributed by atoms with Gasteiger partial charge in [0.25, 0.3) is 0 Å². The second kappa shape index (κ2) is 4.96. The van der Waals surface area contributed by atoms with E-state index in [2.05, 4.69) is 42.3 Å². The fourth-order valence-corrected chi connectivity index (χ4v) is 3.64. The number of aromatic nitrogens is 1. The number of benzene rings is 1. The highest BCUT2D eigenvalue weighted by Crippen LogP contribution is 2.30. The fourth-order valence-electron chi connectivity index (χ4n) is 2.51. The summed E-state index contributed by atoms with van der Waals surface area (Å²) in [6.45, 7) is 8.84. The van der Waals surface area contributed by atoms with Crippen molar-refractivity contribution in [3.8, 4) is 0 Å². The van der Waals surface area contributed by atoms with Crippen LogP contribution in [0.3, 0.4) is 0 Å². The van der Waals surface area contributed by atoms with Gasteiger partial charge in [-0.05, 0) is 25.5 Å². The monoisotopic (exact) mass is 261 g/mol. The first-order valence-electron chi connectivity index (χ1n) is 6.56. The van der Waals surface area contributed by atoms with Crippen LogP contribution in [0.1, 0.15) is 23.5 Å². The molecule has 4 heteroatoms. The van der Waals surface area contributed by atoms with Gasteiger partial charge in [0.05, 0.1) is 16.3 Å². The van der Waals surface area contributed by atoms with Crippen molar-refractivity contribution in [2.75, 3.05) is 26.2 Å². The first-order chi connectivity index (χ1) is 8.75. The average Bonchev–Trinajstić information content (AvgIpc) is 2.84. The molecule has 3 nitrogen and oxygen atoms in total. The van der Waals surface area contributed by atoms with Gasteiger partial charge in [0, 0.05) is 26.2 Å². The van der Waals surface area contributed by atoms with Crippen LogP contribution in [-0.4, -0.2) is 36.1 Å². The number of fused-ring (bicyclic) bond motifs is 1. The molecule has 0 amide bonds. The van der Waals surface area contributed by atoms with E-state index in [1.807, 2.05) is 11.3 Å². The van der Waals surface area contributed by atoms with Gasteiger partial charge in [-0.2, -0.15) is 0 Å². The maximum atomic E-state index is 4.84. The van der Waals surface area contributed by atoms with Gasteiger partial charge < -0.3 is 5.32 Å². The maximum absolute atomic E-state index is 4.84. The topological polar surface area (TPSA) is 28.2 Å². The van der Waals surface area contributed by atoms with Gasteiger partial charge in [0.15, 0.2) is 0 Å². The molecular weight excluding hydrogens is 242 g/mol. The highest BCUT2D eigenvalue weighted by molar-refractivity contribution is 7.18. The summed E-state index contributed by atoms with van der Waals surface area (Å²) in [4.78, 5) is 7.36. The molecule has 1 aromatic heterocycles. The molecule has 3 rings (SSSR count).